The van der Waals surface area contributed by atoms with Gasteiger partial charge in [-0.15, -0.1) is 5.10 Å². The van der Waals surface area contributed by atoms with Crippen LogP contribution < -0.4 is 5.73 Å². The molecule has 0 radical (unpaired) electrons. The minimum Gasteiger partial charge on any atom is -0.506 e. The second-order valence-electron chi connectivity index (χ2n) is 2.71. The zero-order chi connectivity index (χ0) is 12.1. The van der Waals surface area contributed by atoms with Crippen LogP contribution in [0.25, 0.3) is 0 Å². The maximum absolute atomic E-state index is 9.58. The highest BCUT2D eigenvalue weighted by molar-refractivity contribution is 8.13. The molecule has 0 aliphatic heterocycles. The van der Waals surface area contributed by atoms with E-state index in [0.717, 1.165) is 0 Å². The third kappa shape index (κ3) is 3.59. The molecular weight excluding hydrogens is 269 g/mol. The van der Waals surface area contributed by atoms with Crippen molar-refractivity contribution in [2.45, 2.75) is 0 Å². The summed E-state index contributed by atoms with van der Waals surface area (Å²) in [4.78, 5) is 0. The van der Waals surface area contributed by atoms with E-state index >= 15 is 0 Å². The van der Waals surface area contributed by atoms with Crippen LogP contribution in [0.3, 0.4) is 0 Å². The Balaban J connectivity index is 2.97. The molecule has 1 aromatic rings. The molecule has 0 heterocycles. The van der Waals surface area contributed by atoms with Crippen LogP contribution in [0.1, 0.15) is 5.56 Å². The quantitative estimate of drug-likeness (QED) is 0.496. The molecule has 0 aliphatic rings. The summed E-state index contributed by atoms with van der Waals surface area (Å²) in [5.74, 6) is -0.0901. The van der Waals surface area contributed by atoms with Gasteiger partial charge in [0.05, 0.1) is 11.2 Å². The topological polar surface area (TPSA) is 71.0 Å². The number of rotatable bonds is 2. The molecule has 0 amide bonds. The summed E-state index contributed by atoms with van der Waals surface area (Å²) in [7, 11) is 0. The molecular formula is C9H9Cl2N3OS. The van der Waals surface area contributed by atoms with Gasteiger partial charge in [0.25, 0.3) is 0 Å². The zero-order valence-electron chi connectivity index (χ0n) is 8.32. The fourth-order valence-corrected chi connectivity index (χ4v) is 1.51. The Bertz CT molecular complexity index is 449. The summed E-state index contributed by atoms with van der Waals surface area (Å²) in [6, 6.07) is 2.96. The van der Waals surface area contributed by atoms with Gasteiger partial charge in [0.15, 0.2) is 5.17 Å². The fourth-order valence-electron chi connectivity index (χ4n) is 0.873. The number of nitrogens with two attached hydrogens (primary N) is 1. The number of hydrogen-bond acceptors (Lipinski definition) is 4. The van der Waals surface area contributed by atoms with Gasteiger partial charge in [0.2, 0.25) is 0 Å². The predicted molar refractivity (Wildman–Crippen MR) is 70.9 cm³/mol. The molecule has 1 aromatic carbocycles. The third-order valence-corrected chi connectivity index (χ3v) is 2.63. The smallest absolute Gasteiger partial charge is 0.180 e. The molecule has 0 saturated heterocycles. The number of benzene rings is 1. The molecule has 0 atom stereocenters. The molecule has 16 heavy (non-hydrogen) atoms. The van der Waals surface area contributed by atoms with Gasteiger partial charge in [-0.2, -0.15) is 5.10 Å². The van der Waals surface area contributed by atoms with Crippen molar-refractivity contribution < 1.29 is 5.11 Å². The number of nitrogens with zero attached hydrogens (tertiary/aromatic N) is 2. The molecule has 0 unspecified atom stereocenters. The van der Waals surface area contributed by atoms with Crippen molar-refractivity contribution in [3.05, 3.63) is 27.7 Å². The summed E-state index contributed by atoms with van der Waals surface area (Å²) in [5.41, 5.74) is 5.80. The van der Waals surface area contributed by atoms with Crippen molar-refractivity contribution in [3.63, 3.8) is 0 Å². The van der Waals surface area contributed by atoms with Crippen LogP contribution in [0.15, 0.2) is 22.3 Å². The van der Waals surface area contributed by atoms with Crippen LogP contribution in [0.2, 0.25) is 10.0 Å². The van der Waals surface area contributed by atoms with Gasteiger partial charge in [-0.1, -0.05) is 35.0 Å². The van der Waals surface area contributed by atoms with Crippen LogP contribution in [-0.2, 0) is 0 Å². The minimum absolute atomic E-state index is 0.0901. The highest BCUT2D eigenvalue weighted by Gasteiger charge is 2.05. The van der Waals surface area contributed by atoms with E-state index in [0.29, 0.717) is 15.8 Å². The first-order chi connectivity index (χ1) is 7.54. The molecule has 86 valence electrons. The number of thioether (sulfide) groups is 1. The molecule has 3 N–H and O–H groups in total. The Hall–Kier alpha value is -0.910. The molecule has 0 bridgehead atoms. The lowest BCUT2D eigenvalue weighted by molar-refractivity contribution is 0.474. The molecule has 0 aromatic heterocycles. The van der Waals surface area contributed by atoms with Gasteiger partial charge in [0, 0.05) is 10.6 Å². The zero-order valence-corrected chi connectivity index (χ0v) is 10.6. The van der Waals surface area contributed by atoms with Crippen molar-refractivity contribution >= 4 is 46.3 Å². The third-order valence-electron chi connectivity index (χ3n) is 1.62. The molecule has 0 fully saturated rings. The van der Waals surface area contributed by atoms with Crippen LogP contribution in [0, 0.1) is 0 Å². The summed E-state index contributed by atoms with van der Waals surface area (Å²) in [5, 5.41) is 17.8. The Morgan fingerprint density at radius 1 is 1.50 bits per heavy atom. The van der Waals surface area contributed by atoms with Crippen LogP contribution in [0.5, 0.6) is 5.75 Å². The van der Waals surface area contributed by atoms with E-state index in [1.54, 1.807) is 6.26 Å². The number of aromatic hydroxyl groups is 1. The van der Waals surface area contributed by atoms with Crippen LogP contribution in [0.4, 0.5) is 0 Å². The fraction of sp³-hybridized carbons (Fsp3) is 0.111. The maximum atomic E-state index is 9.58. The van der Waals surface area contributed by atoms with Crippen molar-refractivity contribution in [1.29, 1.82) is 0 Å². The number of phenols is 1. The van der Waals surface area contributed by atoms with Gasteiger partial charge in [-0.05, 0) is 18.4 Å². The van der Waals surface area contributed by atoms with Crippen molar-refractivity contribution in [2.75, 3.05) is 6.26 Å². The van der Waals surface area contributed by atoms with Gasteiger partial charge in [-0.3, -0.25) is 0 Å². The first kappa shape index (κ1) is 13.2. The molecule has 0 aliphatic carbocycles. The van der Waals surface area contributed by atoms with E-state index < -0.39 is 0 Å². The first-order valence-electron chi connectivity index (χ1n) is 4.13. The lowest BCUT2D eigenvalue weighted by Crippen LogP contribution is -2.03. The van der Waals surface area contributed by atoms with Crippen molar-refractivity contribution in [3.8, 4) is 5.75 Å². The normalized spacial score (nSPS) is 12.3. The molecule has 7 heteroatoms. The first-order valence-corrected chi connectivity index (χ1v) is 6.11. The van der Waals surface area contributed by atoms with Crippen LogP contribution in [-0.4, -0.2) is 22.7 Å². The van der Waals surface area contributed by atoms with E-state index in [9.17, 15) is 5.11 Å². The van der Waals surface area contributed by atoms with Crippen LogP contribution >= 0.6 is 35.0 Å². The Labute approximate surface area is 107 Å². The summed E-state index contributed by atoms with van der Waals surface area (Å²) < 4.78 is 0. The van der Waals surface area contributed by atoms with Gasteiger partial charge in [0.1, 0.15) is 5.75 Å². The van der Waals surface area contributed by atoms with Gasteiger partial charge >= 0.3 is 0 Å². The average Bonchev–Trinajstić information content (AvgIpc) is 2.24. The van der Waals surface area contributed by atoms with E-state index in [1.165, 1.54) is 30.1 Å². The lowest BCUT2D eigenvalue weighted by Gasteiger charge is -2.01. The highest BCUT2D eigenvalue weighted by Crippen LogP contribution is 2.29. The average molecular weight is 278 g/mol. The maximum Gasteiger partial charge on any atom is 0.180 e. The number of halogens is 2. The standard InChI is InChI=1S/C9H9Cl2N3OS/c1-16-9(12)14-13-4-5-2-6(10)3-7(11)8(5)15/h2-4,15H,1H3,(H2,12,14)/b13-4+. The SMILES string of the molecule is CS/C(N)=N\N=C\c1cc(Cl)cc(Cl)c1O. The van der Waals surface area contributed by atoms with E-state index in [2.05, 4.69) is 10.2 Å². The van der Waals surface area contributed by atoms with Crippen molar-refractivity contribution in [2.24, 2.45) is 15.9 Å². The summed E-state index contributed by atoms with van der Waals surface area (Å²) >= 11 is 12.8. The predicted octanol–water partition coefficient (Wildman–Crippen LogP) is 2.71. The second kappa shape index (κ2) is 5.98. The number of hydrogen-bond donors (Lipinski definition) is 2. The second-order valence-corrected chi connectivity index (χ2v) is 4.38. The van der Waals surface area contributed by atoms with E-state index in [-0.39, 0.29) is 10.8 Å². The Morgan fingerprint density at radius 3 is 2.81 bits per heavy atom. The molecule has 4 nitrogen and oxygen atoms in total. The summed E-state index contributed by atoms with van der Waals surface area (Å²) in [6.45, 7) is 0. The molecule has 0 saturated carbocycles. The minimum atomic E-state index is -0.0901. The van der Waals surface area contributed by atoms with Gasteiger partial charge in [-0.25, -0.2) is 0 Å². The number of phenolic OH excluding ortho intramolecular Hbond substituents is 1. The Kier molecular flexibility index (Phi) is 4.92. The highest BCUT2D eigenvalue weighted by atomic mass is 35.5. The van der Waals surface area contributed by atoms with Gasteiger partial charge < -0.3 is 10.8 Å². The molecule has 0 spiro atoms. The Morgan fingerprint density at radius 2 is 2.19 bits per heavy atom. The molecule has 1 rings (SSSR count). The summed E-state index contributed by atoms with van der Waals surface area (Å²) in [6.07, 6.45) is 3.11. The monoisotopic (exact) mass is 277 g/mol. The largest absolute Gasteiger partial charge is 0.506 e. The number of amidine groups is 1. The lowest BCUT2D eigenvalue weighted by atomic mass is 10.2. The van der Waals surface area contributed by atoms with Crippen molar-refractivity contribution in [1.82, 2.24) is 0 Å². The van der Waals surface area contributed by atoms with E-state index in [1.807, 2.05) is 0 Å². The van der Waals surface area contributed by atoms with E-state index in [4.69, 9.17) is 28.9 Å².